The Hall–Kier alpha value is -0.900. The minimum atomic E-state index is 0.0696. The van der Waals surface area contributed by atoms with Crippen LogP contribution in [0.4, 0.5) is 0 Å². The molecule has 0 saturated heterocycles. The van der Waals surface area contributed by atoms with E-state index in [2.05, 4.69) is 46.8 Å². The van der Waals surface area contributed by atoms with Crippen molar-refractivity contribution in [3.05, 3.63) is 28.6 Å². The second-order valence-electron chi connectivity index (χ2n) is 4.33. The minimum absolute atomic E-state index is 0.0696. The van der Waals surface area contributed by atoms with Crippen LogP contribution in [0.3, 0.4) is 0 Å². The van der Waals surface area contributed by atoms with E-state index in [-0.39, 0.29) is 5.41 Å². The van der Waals surface area contributed by atoms with Crippen molar-refractivity contribution >= 4 is 21.6 Å². The highest BCUT2D eigenvalue weighted by Gasteiger charge is 2.17. The maximum Gasteiger partial charge on any atom is 0.153 e. The fraction of sp³-hybridized carbons (Fsp3) is 0.400. The van der Waals surface area contributed by atoms with Crippen LogP contribution in [0, 0.1) is 0 Å². The number of fused-ring (bicyclic) bond motifs is 1. The molecule has 0 atom stereocenters. The van der Waals surface area contributed by atoms with Crippen molar-refractivity contribution in [3.8, 4) is 0 Å². The van der Waals surface area contributed by atoms with Gasteiger partial charge in [0.15, 0.2) is 5.65 Å². The van der Waals surface area contributed by atoms with Gasteiger partial charge in [-0.15, -0.1) is 0 Å². The molecular formula is C10H12BrN3. The molecular weight excluding hydrogens is 242 g/mol. The molecule has 0 spiro atoms. The molecule has 0 fully saturated rings. The van der Waals surface area contributed by atoms with Crippen molar-refractivity contribution in [2.75, 3.05) is 0 Å². The lowest BCUT2D eigenvalue weighted by atomic mass is 9.93. The zero-order chi connectivity index (χ0) is 10.3. The highest BCUT2D eigenvalue weighted by molar-refractivity contribution is 9.10. The average molecular weight is 254 g/mol. The van der Waals surface area contributed by atoms with Gasteiger partial charge in [0.05, 0.1) is 11.9 Å². The van der Waals surface area contributed by atoms with E-state index in [9.17, 15) is 0 Å². The standard InChI is InChI=1S/C10H12BrN3/c1-10(2,3)7-6-14-9(12-7)5-4-8(11)13-14/h4-6H,1-3H3. The summed E-state index contributed by atoms with van der Waals surface area (Å²) in [5, 5.41) is 4.28. The van der Waals surface area contributed by atoms with E-state index in [1.54, 1.807) is 4.52 Å². The summed E-state index contributed by atoms with van der Waals surface area (Å²) in [6.07, 6.45) is 1.97. The summed E-state index contributed by atoms with van der Waals surface area (Å²) in [5.41, 5.74) is 2.02. The maximum absolute atomic E-state index is 4.50. The van der Waals surface area contributed by atoms with Gasteiger partial charge in [-0.2, -0.15) is 5.10 Å². The molecule has 0 aliphatic heterocycles. The predicted octanol–water partition coefficient (Wildman–Crippen LogP) is 2.79. The Morgan fingerprint density at radius 2 is 2.00 bits per heavy atom. The Morgan fingerprint density at radius 3 is 2.64 bits per heavy atom. The van der Waals surface area contributed by atoms with Crippen LogP contribution in [-0.2, 0) is 5.41 Å². The molecule has 0 N–H and O–H groups in total. The largest absolute Gasteiger partial charge is 0.232 e. The van der Waals surface area contributed by atoms with E-state index >= 15 is 0 Å². The molecule has 2 heterocycles. The second-order valence-corrected chi connectivity index (χ2v) is 5.15. The fourth-order valence-corrected chi connectivity index (χ4v) is 1.52. The summed E-state index contributed by atoms with van der Waals surface area (Å²) in [6, 6.07) is 3.85. The van der Waals surface area contributed by atoms with Crippen molar-refractivity contribution in [2.24, 2.45) is 0 Å². The van der Waals surface area contributed by atoms with Gasteiger partial charge in [0.1, 0.15) is 4.60 Å². The van der Waals surface area contributed by atoms with E-state index in [1.165, 1.54) is 0 Å². The first-order valence-electron chi connectivity index (χ1n) is 4.49. The van der Waals surface area contributed by atoms with E-state index in [1.807, 2.05) is 18.3 Å². The zero-order valence-corrected chi connectivity index (χ0v) is 10.0. The minimum Gasteiger partial charge on any atom is -0.232 e. The first-order chi connectivity index (χ1) is 6.47. The van der Waals surface area contributed by atoms with E-state index in [0.717, 1.165) is 15.9 Å². The topological polar surface area (TPSA) is 30.2 Å². The Bertz CT molecular complexity index is 468. The summed E-state index contributed by atoms with van der Waals surface area (Å²) >= 11 is 3.33. The molecule has 2 aromatic heterocycles. The van der Waals surface area contributed by atoms with Gasteiger partial charge >= 0.3 is 0 Å². The van der Waals surface area contributed by atoms with Crippen LogP contribution in [-0.4, -0.2) is 14.6 Å². The van der Waals surface area contributed by atoms with Gasteiger partial charge in [0.25, 0.3) is 0 Å². The number of imidazole rings is 1. The normalized spacial score (nSPS) is 12.3. The molecule has 0 amide bonds. The number of halogens is 1. The third-order valence-corrected chi connectivity index (χ3v) is 2.48. The molecule has 14 heavy (non-hydrogen) atoms. The third kappa shape index (κ3) is 1.66. The van der Waals surface area contributed by atoms with Gasteiger partial charge in [-0.1, -0.05) is 20.8 Å². The first-order valence-corrected chi connectivity index (χ1v) is 5.28. The van der Waals surface area contributed by atoms with Gasteiger partial charge < -0.3 is 0 Å². The molecule has 0 radical (unpaired) electrons. The quantitative estimate of drug-likeness (QED) is 0.723. The van der Waals surface area contributed by atoms with Crippen LogP contribution >= 0.6 is 15.9 Å². The summed E-state index contributed by atoms with van der Waals surface area (Å²) in [6.45, 7) is 6.43. The van der Waals surface area contributed by atoms with Crippen molar-refractivity contribution in [2.45, 2.75) is 26.2 Å². The molecule has 0 aliphatic carbocycles. The lowest BCUT2D eigenvalue weighted by molar-refractivity contribution is 0.572. The van der Waals surface area contributed by atoms with Crippen molar-refractivity contribution in [1.29, 1.82) is 0 Å². The number of rotatable bonds is 0. The van der Waals surface area contributed by atoms with Gasteiger partial charge in [-0.3, -0.25) is 0 Å². The van der Waals surface area contributed by atoms with Crippen molar-refractivity contribution < 1.29 is 0 Å². The van der Waals surface area contributed by atoms with Crippen LogP contribution in [0.5, 0.6) is 0 Å². The van der Waals surface area contributed by atoms with Gasteiger partial charge in [0.2, 0.25) is 0 Å². The SMILES string of the molecule is CC(C)(C)c1cn2nc(Br)ccc2n1. The maximum atomic E-state index is 4.50. The summed E-state index contributed by atoms with van der Waals surface area (Å²) < 4.78 is 2.62. The average Bonchev–Trinajstić information content (AvgIpc) is 2.45. The van der Waals surface area contributed by atoms with Crippen LogP contribution in [0.25, 0.3) is 5.65 Å². The van der Waals surface area contributed by atoms with E-state index in [4.69, 9.17) is 0 Å². The molecule has 2 aromatic rings. The fourth-order valence-electron chi connectivity index (χ4n) is 1.22. The predicted molar refractivity (Wildman–Crippen MR) is 59.4 cm³/mol. The number of aromatic nitrogens is 3. The van der Waals surface area contributed by atoms with Gasteiger partial charge in [-0.25, -0.2) is 9.50 Å². The molecule has 2 rings (SSSR count). The first kappa shape index (κ1) is 9.65. The van der Waals surface area contributed by atoms with Gasteiger partial charge in [-0.05, 0) is 28.1 Å². The highest BCUT2D eigenvalue weighted by Crippen LogP contribution is 2.21. The van der Waals surface area contributed by atoms with Crippen LogP contribution in [0.2, 0.25) is 0 Å². The van der Waals surface area contributed by atoms with Crippen LogP contribution < -0.4 is 0 Å². The highest BCUT2D eigenvalue weighted by atomic mass is 79.9. The number of hydrogen-bond donors (Lipinski definition) is 0. The Kier molecular flexibility index (Phi) is 2.10. The number of nitrogens with zero attached hydrogens (tertiary/aromatic N) is 3. The monoisotopic (exact) mass is 253 g/mol. The van der Waals surface area contributed by atoms with Crippen molar-refractivity contribution in [3.63, 3.8) is 0 Å². The molecule has 3 nitrogen and oxygen atoms in total. The Labute approximate surface area is 91.3 Å². The van der Waals surface area contributed by atoms with Crippen LogP contribution in [0.15, 0.2) is 22.9 Å². The third-order valence-electron chi connectivity index (χ3n) is 2.06. The Morgan fingerprint density at radius 1 is 1.29 bits per heavy atom. The van der Waals surface area contributed by atoms with Crippen molar-refractivity contribution in [1.82, 2.24) is 14.6 Å². The lowest BCUT2D eigenvalue weighted by Gasteiger charge is -2.13. The smallest absolute Gasteiger partial charge is 0.153 e. The van der Waals surface area contributed by atoms with E-state index < -0.39 is 0 Å². The zero-order valence-electron chi connectivity index (χ0n) is 8.45. The van der Waals surface area contributed by atoms with E-state index in [0.29, 0.717) is 0 Å². The number of hydrogen-bond acceptors (Lipinski definition) is 2. The summed E-state index contributed by atoms with van der Waals surface area (Å²) in [7, 11) is 0. The molecule has 0 aliphatic rings. The summed E-state index contributed by atoms with van der Waals surface area (Å²) in [4.78, 5) is 4.50. The molecule has 0 bridgehead atoms. The van der Waals surface area contributed by atoms with Gasteiger partial charge in [0, 0.05) is 5.41 Å². The summed E-state index contributed by atoms with van der Waals surface area (Å²) in [5.74, 6) is 0. The molecule has 4 heteroatoms. The Balaban J connectivity index is 2.63. The molecule has 0 unspecified atom stereocenters. The molecule has 0 aromatic carbocycles. The molecule has 0 saturated carbocycles. The molecule has 74 valence electrons. The van der Waals surface area contributed by atoms with Crippen LogP contribution in [0.1, 0.15) is 26.5 Å². The second kappa shape index (κ2) is 3.05. The lowest BCUT2D eigenvalue weighted by Crippen LogP contribution is -2.11.